The standard InChI is InChI=1S/C12H9AsBr/c14-12-8-6-11(7-9-12)13-10-4-2-1-3-5-10/h1-9H. The summed E-state index contributed by atoms with van der Waals surface area (Å²) in [6.45, 7) is 0. The zero-order chi connectivity index (χ0) is 9.80. The molecule has 0 heterocycles. The third kappa shape index (κ3) is 2.73. The molecule has 69 valence electrons. The summed E-state index contributed by atoms with van der Waals surface area (Å²) in [7, 11) is 0. The first-order chi connectivity index (χ1) is 6.84. The fraction of sp³-hybridized carbons (Fsp3) is 0. The molecule has 0 aliphatic heterocycles. The number of hydrogen-bond donors (Lipinski definition) is 0. The van der Waals surface area contributed by atoms with Crippen LogP contribution in [0.2, 0.25) is 0 Å². The molecule has 0 saturated heterocycles. The van der Waals surface area contributed by atoms with Crippen molar-refractivity contribution < 1.29 is 0 Å². The molecule has 0 fully saturated rings. The molecule has 0 aliphatic carbocycles. The minimum absolute atomic E-state index is 0.145. The number of halogens is 1. The Labute approximate surface area is 99.2 Å². The number of benzene rings is 2. The molecule has 2 aromatic rings. The molecule has 0 bridgehead atoms. The molecule has 0 aromatic heterocycles. The van der Waals surface area contributed by atoms with E-state index in [1.165, 1.54) is 8.70 Å². The Bertz CT molecular complexity index is 394. The predicted molar refractivity (Wildman–Crippen MR) is 65.6 cm³/mol. The molecule has 1 radical (unpaired) electrons. The van der Waals surface area contributed by atoms with E-state index in [4.69, 9.17) is 0 Å². The van der Waals surface area contributed by atoms with Crippen LogP contribution < -0.4 is 8.70 Å². The van der Waals surface area contributed by atoms with Crippen molar-refractivity contribution in [2.24, 2.45) is 0 Å². The van der Waals surface area contributed by atoms with Gasteiger partial charge in [-0.2, -0.15) is 0 Å². The maximum absolute atomic E-state index is 3.44. The van der Waals surface area contributed by atoms with Gasteiger partial charge in [0.05, 0.1) is 0 Å². The van der Waals surface area contributed by atoms with Crippen molar-refractivity contribution in [2.75, 3.05) is 0 Å². The zero-order valence-electron chi connectivity index (χ0n) is 7.52. The Morgan fingerprint density at radius 2 is 1.29 bits per heavy atom. The first-order valence-corrected chi connectivity index (χ1v) is 7.04. The molecule has 14 heavy (non-hydrogen) atoms. The van der Waals surface area contributed by atoms with Crippen molar-refractivity contribution >= 4 is 40.4 Å². The van der Waals surface area contributed by atoms with Crippen molar-refractivity contribution in [1.82, 2.24) is 0 Å². The van der Waals surface area contributed by atoms with Gasteiger partial charge in [0, 0.05) is 0 Å². The molecule has 2 aromatic carbocycles. The summed E-state index contributed by atoms with van der Waals surface area (Å²) in [6, 6.07) is 19.2. The fourth-order valence-corrected chi connectivity index (χ4v) is 3.36. The number of hydrogen-bond acceptors (Lipinski definition) is 0. The molecular weight excluding hydrogens is 299 g/mol. The van der Waals surface area contributed by atoms with E-state index in [0.717, 1.165) is 4.47 Å². The molecule has 0 spiro atoms. The van der Waals surface area contributed by atoms with Crippen LogP contribution in [-0.4, -0.2) is 15.8 Å². The van der Waals surface area contributed by atoms with E-state index >= 15 is 0 Å². The molecule has 2 rings (SSSR count). The second kappa shape index (κ2) is 4.81. The Morgan fingerprint density at radius 3 is 1.93 bits per heavy atom. The third-order valence-electron chi connectivity index (χ3n) is 1.84. The molecule has 0 N–H and O–H groups in total. The maximum atomic E-state index is 3.44. The van der Waals surface area contributed by atoms with E-state index in [0.29, 0.717) is 0 Å². The van der Waals surface area contributed by atoms with E-state index < -0.39 is 0 Å². The summed E-state index contributed by atoms with van der Waals surface area (Å²) < 4.78 is 4.04. The molecule has 0 atom stereocenters. The van der Waals surface area contributed by atoms with Gasteiger partial charge in [0.15, 0.2) is 0 Å². The van der Waals surface area contributed by atoms with Gasteiger partial charge in [-0.15, -0.1) is 0 Å². The van der Waals surface area contributed by atoms with Crippen LogP contribution in [-0.2, 0) is 0 Å². The summed E-state index contributed by atoms with van der Waals surface area (Å²) in [5.74, 6) is 0. The third-order valence-corrected chi connectivity index (χ3v) is 4.70. The predicted octanol–water partition coefficient (Wildman–Crippen LogP) is 2.10. The van der Waals surface area contributed by atoms with E-state index in [2.05, 4.69) is 70.5 Å². The molecule has 2 heteroatoms. The van der Waals surface area contributed by atoms with Crippen LogP contribution in [0.4, 0.5) is 0 Å². The SMILES string of the molecule is Brc1ccc([As]c2ccccc2)cc1. The minimum atomic E-state index is 0.145. The van der Waals surface area contributed by atoms with Crippen LogP contribution >= 0.6 is 15.9 Å². The zero-order valence-corrected chi connectivity index (χ0v) is 11.0. The number of rotatable bonds is 2. The van der Waals surface area contributed by atoms with Gasteiger partial charge in [-0.05, 0) is 0 Å². The fourth-order valence-electron chi connectivity index (χ4n) is 1.17. The van der Waals surface area contributed by atoms with Crippen LogP contribution in [0.5, 0.6) is 0 Å². The van der Waals surface area contributed by atoms with E-state index in [-0.39, 0.29) is 15.8 Å². The van der Waals surface area contributed by atoms with E-state index in [1.807, 2.05) is 0 Å². The van der Waals surface area contributed by atoms with Crippen LogP contribution in [0.15, 0.2) is 59.1 Å². The van der Waals surface area contributed by atoms with E-state index in [9.17, 15) is 0 Å². The van der Waals surface area contributed by atoms with Gasteiger partial charge in [0.25, 0.3) is 0 Å². The van der Waals surface area contributed by atoms with Crippen molar-refractivity contribution in [1.29, 1.82) is 0 Å². The first kappa shape index (κ1) is 10.0. The second-order valence-corrected chi connectivity index (χ2v) is 6.48. The van der Waals surface area contributed by atoms with Gasteiger partial charge in [-0.1, -0.05) is 0 Å². The van der Waals surface area contributed by atoms with Crippen LogP contribution in [0.25, 0.3) is 0 Å². The first-order valence-electron chi connectivity index (χ1n) is 4.37. The Balaban J connectivity index is 2.16. The molecule has 0 unspecified atom stereocenters. The van der Waals surface area contributed by atoms with Gasteiger partial charge in [0.2, 0.25) is 0 Å². The van der Waals surface area contributed by atoms with Crippen LogP contribution in [0, 0.1) is 0 Å². The van der Waals surface area contributed by atoms with Gasteiger partial charge < -0.3 is 0 Å². The monoisotopic (exact) mass is 307 g/mol. The average Bonchev–Trinajstić information content (AvgIpc) is 2.23. The van der Waals surface area contributed by atoms with Gasteiger partial charge in [-0.3, -0.25) is 0 Å². The van der Waals surface area contributed by atoms with Crippen LogP contribution in [0.3, 0.4) is 0 Å². The summed E-state index contributed by atoms with van der Waals surface area (Å²) in [6.07, 6.45) is 0. The van der Waals surface area contributed by atoms with Crippen molar-refractivity contribution in [3.8, 4) is 0 Å². The van der Waals surface area contributed by atoms with Gasteiger partial charge in [-0.25, -0.2) is 0 Å². The summed E-state index contributed by atoms with van der Waals surface area (Å²) in [4.78, 5) is 0. The van der Waals surface area contributed by atoms with Crippen molar-refractivity contribution in [3.05, 3.63) is 59.1 Å². The topological polar surface area (TPSA) is 0 Å². The summed E-state index contributed by atoms with van der Waals surface area (Å²) >= 11 is 3.59. The van der Waals surface area contributed by atoms with Gasteiger partial charge >= 0.3 is 99.5 Å². The average molecular weight is 308 g/mol. The Hall–Kier alpha value is -0.522. The van der Waals surface area contributed by atoms with E-state index in [1.54, 1.807) is 0 Å². The second-order valence-electron chi connectivity index (χ2n) is 2.92. The quantitative estimate of drug-likeness (QED) is 0.746. The molecule has 0 aliphatic rings. The van der Waals surface area contributed by atoms with Crippen molar-refractivity contribution in [3.63, 3.8) is 0 Å². The molecule has 0 saturated carbocycles. The molecular formula is C12H9AsBr. The van der Waals surface area contributed by atoms with Crippen LogP contribution in [0.1, 0.15) is 0 Å². The molecule has 0 nitrogen and oxygen atoms in total. The molecule has 0 amide bonds. The Kier molecular flexibility index (Phi) is 3.44. The van der Waals surface area contributed by atoms with Gasteiger partial charge in [0.1, 0.15) is 0 Å². The summed E-state index contributed by atoms with van der Waals surface area (Å²) in [5.41, 5.74) is 0. The van der Waals surface area contributed by atoms with Crippen molar-refractivity contribution in [2.45, 2.75) is 0 Å². The normalized spacial score (nSPS) is 10.9. The Morgan fingerprint density at radius 1 is 0.714 bits per heavy atom. The summed E-state index contributed by atoms with van der Waals surface area (Å²) in [5, 5.41) is 0.